The first kappa shape index (κ1) is 10.1. The second-order valence-corrected chi connectivity index (χ2v) is 7.31. The van der Waals surface area contributed by atoms with Crippen LogP contribution in [0.1, 0.15) is 30.9 Å². The van der Waals surface area contributed by atoms with Gasteiger partial charge in [-0.05, 0) is 55.8 Å². The van der Waals surface area contributed by atoms with Crippen molar-refractivity contribution in [1.29, 1.82) is 0 Å². The van der Waals surface area contributed by atoms with Crippen LogP contribution < -0.4 is 5.73 Å². The van der Waals surface area contributed by atoms with Crippen LogP contribution in [-0.4, -0.2) is 0 Å². The van der Waals surface area contributed by atoms with Gasteiger partial charge in [0.25, 0.3) is 0 Å². The van der Waals surface area contributed by atoms with Crippen molar-refractivity contribution in [1.82, 2.24) is 0 Å². The van der Waals surface area contributed by atoms with Crippen molar-refractivity contribution in [3.63, 3.8) is 0 Å². The lowest BCUT2D eigenvalue weighted by Crippen LogP contribution is -2.10. The van der Waals surface area contributed by atoms with Crippen molar-refractivity contribution >= 4 is 43.2 Å². The molecule has 0 aliphatic heterocycles. The Hall–Kier alpha value is 0.620. The molecule has 0 spiro atoms. The fourth-order valence-electron chi connectivity index (χ4n) is 1.45. The third-order valence-corrected chi connectivity index (χ3v) is 4.75. The highest BCUT2D eigenvalue weighted by Gasteiger charge is 2.25. The minimum atomic E-state index is 0.212. The Morgan fingerprint density at radius 2 is 2.23 bits per heavy atom. The van der Waals surface area contributed by atoms with E-state index < -0.39 is 0 Å². The Morgan fingerprint density at radius 1 is 1.54 bits per heavy atom. The van der Waals surface area contributed by atoms with Crippen LogP contribution in [0.4, 0.5) is 0 Å². The molecule has 1 nitrogen and oxygen atoms in total. The Balaban J connectivity index is 2.08. The maximum absolute atomic E-state index is 6.11. The lowest BCUT2D eigenvalue weighted by Gasteiger charge is -2.09. The highest BCUT2D eigenvalue weighted by Crippen LogP contribution is 2.41. The highest BCUT2D eigenvalue weighted by molar-refractivity contribution is 9.12. The van der Waals surface area contributed by atoms with Gasteiger partial charge in [-0.1, -0.05) is 12.8 Å². The van der Waals surface area contributed by atoms with Gasteiger partial charge in [0.15, 0.2) is 0 Å². The van der Waals surface area contributed by atoms with Gasteiger partial charge in [0, 0.05) is 6.04 Å². The van der Waals surface area contributed by atoms with E-state index in [-0.39, 0.29) is 6.04 Å². The molecule has 1 unspecified atom stereocenters. The topological polar surface area (TPSA) is 26.0 Å². The van der Waals surface area contributed by atoms with Crippen LogP contribution in [0.15, 0.2) is 13.6 Å². The lowest BCUT2D eigenvalue weighted by atomic mass is 10.1. The quantitative estimate of drug-likeness (QED) is 0.891. The van der Waals surface area contributed by atoms with Crippen LogP contribution in [0.3, 0.4) is 0 Å². The Kier molecular flexibility index (Phi) is 3.13. The molecular weight excluding hydrogens is 314 g/mol. The standard InChI is InChI=1S/C9H11Br2NS/c10-8-4-6(9(11)13-8)7(12)3-5-1-2-5/h4-5,7H,1-3,12H2. The number of hydrogen-bond acceptors (Lipinski definition) is 2. The predicted octanol–water partition coefficient (Wildman–Crippen LogP) is 4.07. The van der Waals surface area contributed by atoms with Crippen molar-refractivity contribution in [2.75, 3.05) is 0 Å². The summed E-state index contributed by atoms with van der Waals surface area (Å²) in [5.74, 6) is 0.889. The zero-order chi connectivity index (χ0) is 9.42. The monoisotopic (exact) mass is 323 g/mol. The second kappa shape index (κ2) is 4.01. The molecule has 4 heteroatoms. The zero-order valence-electron chi connectivity index (χ0n) is 7.09. The van der Waals surface area contributed by atoms with Crippen LogP contribution in [0.25, 0.3) is 0 Å². The van der Waals surface area contributed by atoms with E-state index in [0.717, 1.165) is 16.1 Å². The summed E-state index contributed by atoms with van der Waals surface area (Å²) in [7, 11) is 0. The maximum Gasteiger partial charge on any atom is 0.0758 e. The molecule has 1 aliphatic rings. The van der Waals surface area contributed by atoms with E-state index in [1.807, 2.05) is 0 Å². The van der Waals surface area contributed by atoms with Crippen molar-refractivity contribution in [2.45, 2.75) is 25.3 Å². The van der Waals surface area contributed by atoms with E-state index >= 15 is 0 Å². The van der Waals surface area contributed by atoms with Gasteiger partial charge in [0.05, 0.1) is 7.57 Å². The first-order chi connectivity index (χ1) is 6.16. The average Bonchev–Trinajstić information content (AvgIpc) is 2.77. The van der Waals surface area contributed by atoms with Crippen molar-refractivity contribution in [3.8, 4) is 0 Å². The molecule has 1 aliphatic carbocycles. The summed E-state index contributed by atoms with van der Waals surface area (Å²) in [5, 5.41) is 0. The molecule has 1 heterocycles. The van der Waals surface area contributed by atoms with Gasteiger partial charge >= 0.3 is 0 Å². The van der Waals surface area contributed by atoms with E-state index in [0.29, 0.717) is 0 Å². The summed E-state index contributed by atoms with van der Waals surface area (Å²) in [6.45, 7) is 0. The average molecular weight is 325 g/mol. The second-order valence-electron chi connectivity index (χ2n) is 3.57. The number of nitrogens with two attached hydrogens (primary N) is 1. The van der Waals surface area contributed by atoms with Crippen molar-refractivity contribution < 1.29 is 0 Å². The molecule has 0 saturated heterocycles. The maximum atomic E-state index is 6.11. The van der Waals surface area contributed by atoms with Gasteiger partial charge in [-0.25, -0.2) is 0 Å². The molecule has 0 aromatic carbocycles. The van der Waals surface area contributed by atoms with Gasteiger partial charge in [-0.3, -0.25) is 0 Å². The van der Waals surface area contributed by atoms with E-state index in [1.165, 1.54) is 22.2 Å². The molecule has 1 aromatic heterocycles. The number of thiophene rings is 1. The molecule has 1 atom stereocenters. The fourth-order valence-corrected chi connectivity index (χ4v) is 4.45. The van der Waals surface area contributed by atoms with E-state index in [9.17, 15) is 0 Å². The first-order valence-corrected chi connectivity index (χ1v) is 6.77. The van der Waals surface area contributed by atoms with Gasteiger partial charge in [0.2, 0.25) is 0 Å². The molecule has 13 heavy (non-hydrogen) atoms. The highest BCUT2D eigenvalue weighted by atomic mass is 79.9. The Bertz CT molecular complexity index is 307. The third-order valence-electron chi connectivity index (χ3n) is 2.37. The number of hydrogen-bond donors (Lipinski definition) is 1. The van der Waals surface area contributed by atoms with Gasteiger partial charge in [-0.15, -0.1) is 11.3 Å². The normalized spacial score (nSPS) is 19.0. The number of rotatable bonds is 3. The third kappa shape index (κ3) is 2.55. The molecular formula is C9H11Br2NS. The van der Waals surface area contributed by atoms with Crippen molar-refractivity contribution in [3.05, 3.63) is 19.2 Å². The van der Waals surface area contributed by atoms with Gasteiger partial charge < -0.3 is 5.73 Å². The van der Waals surface area contributed by atoms with Crippen LogP contribution >= 0.6 is 43.2 Å². The van der Waals surface area contributed by atoms with Crippen LogP contribution in [0.2, 0.25) is 0 Å². The van der Waals surface area contributed by atoms with E-state index in [4.69, 9.17) is 5.73 Å². The molecule has 1 aromatic rings. The largest absolute Gasteiger partial charge is 0.324 e. The smallest absolute Gasteiger partial charge is 0.0758 e. The summed E-state index contributed by atoms with van der Waals surface area (Å²) in [6, 6.07) is 2.34. The van der Waals surface area contributed by atoms with Crippen LogP contribution in [-0.2, 0) is 0 Å². The molecule has 72 valence electrons. The molecule has 2 N–H and O–H groups in total. The summed E-state index contributed by atoms with van der Waals surface area (Å²) < 4.78 is 2.33. The van der Waals surface area contributed by atoms with Gasteiger partial charge in [-0.2, -0.15) is 0 Å². The summed E-state index contributed by atoms with van der Waals surface area (Å²) in [6.07, 6.45) is 3.88. The zero-order valence-corrected chi connectivity index (χ0v) is 11.1. The SMILES string of the molecule is NC(CC1CC1)c1cc(Br)sc1Br. The molecule has 2 rings (SSSR count). The molecule has 1 fully saturated rings. The fraction of sp³-hybridized carbons (Fsp3) is 0.556. The minimum absolute atomic E-state index is 0.212. The van der Waals surface area contributed by atoms with Crippen molar-refractivity contribution in [2.24, 2.45) is 11.7 Å². The predicted molar refractivity (Wildman–Crippen MR) is 64.0 cm³/mol. The Morgan fingerprint density at radius 3 is 2.69 bits per heavy atom. The summed E-state index contributed by atoms with van der Waals surface area (Å²) in [5.41, 5.74) is 7.36. The van der Waals surface area contributed by atoms with Crippen LogP contribution in [0.5, 0.6) is 0 Å². The molecule has 0 radical (unpaired) electrons. The molecule has 0 bridgehead atoms. The lowest BCUT2D eigenvalue weighted by molar-refractivity contribution is 0.597. The minimum Gasteiger partial charge on any atom is -0.324 e. The molecule has 1 saturated carbocycles. The Labute approximate surface area is 99.0 Å². The van der Waals surface area contributed by atoms with Gasteiger partial charge in [0.1, 0.15) is 0 Å². The van der Waals surface area contributed by atoms with Crippen LogP contribution in [0, 0.1) is 5.92 Å². The van der Waals surface area contributed by atoms with E-state index in [2.05, 4.69) is 37.9 Å². The van der Waals surface area contributed by atoms with E-state index in [1.54, 1.807) is 11.3 Å². The number of halogens is 2. The molecule has 0 amide bonds. The first-order valence-electron chi connectivity index (χ1n) is 4.37. The summed E-state index contributed by atoms with van der Waals surface area (Å²) >= 11 is 8.70. The summed E-state index contributed by atoms with van der Waals surface area (Å²) in [4.78, 5) is 0.